The van der Waals surface area contributed by atoms with E-state index in [1.807, 2.05) is 0 Å². The van der Waals surface area contributed by atoms with Crippen molar-refractivity contribution < 1.29 is 18.5 Å². The van der Waals surface area contributed by atoms with Gasteiger partial charge >= 0.3 is 5.69 Å². The Bertz CT molecular complexity index is 620. The molecule has 0 aliphatic heterocycles. The first-order valence-corrected chi connectivity index (χ1v) is 6.90. The number of nitro benzene ring substituents is 1. The van der Waals surface area contributed by atoms with Crippen LogP contribution in [0.3, 0.4) is 0 Å². The summed E-state index contributed by atoms with van der Waals surface area (Å²) in [7, 11) is 0. The molecule has 7 heteroatoms. The molecule has 0 saturated heterocycles. The van der Waals surface area contributed by atoms with Crippen LogP contribution in [0.4, 0.5) is 14.5 Å². The van der Waals surface area contributed by atoms with Crippen LogP contribution < -0.4 is 5.32 Å². The topological polar surface area (TPSA) is 72.2 Å². The highest BCUT2D eigenvalue weighted by molar-refractivity contribution is 5.95. The Balaban J connectivity index is 1.84. The number of nitro groups is 1. The standard InChI is InChI=1S/C14H14F2N2O3/c15-9-3-4-11(18(20)21)13(16)12(9)14(19)17-10-6-7-1-2-8(10)5-7/h3-4,7-8,10H,1-2,5-6H2,(H,17,19). The van der Waals surface area contributed by atoms with Gasteiger partial charge in [-0.3, -0.25) is 14.9 Å². The van der Waals surface area contributed by atoms with Gasteiger partial charge in [-0.25, -0.2) is 4.39 Å². The molecular weight excluding hydrogens is 282 g/mol. The summed E-state index contributed by atoms with van der Waals surface area (Å²) in [5, 5.41) is 13.3. The summed E-state index contributed by atoms with van der Waals surface area (Å²) < 4.78 is 27.6. The lowest BCUT2D eigenvalue weighted by Crippen LogP contribution is -2.39. The molecule has 5 nitrogen and oxygen atoms in total. The van der Waals surface area contributed by atoms with E-state index in [2.05, 4.69) is 5.32 Å². The average Bonchev–Trinajstić information content (AvgIpc) is 3.00. The van der Waals surface area contributed by atoms with Crippen LogP contribution >= 0.6 is 0 Å². The Hall–Kier alpha value is -2.05. The van der Waals surface area contributed by atoms with Crippen LogP contribution in [0.1, 0.15) is 36.0 Å². The zero-order valence-corrected chi connectivity index (χ0v) is 11.1. The Morgan fingerprint density at radius 1 is 1.29 bits per heavy atom. The predicted molar refractivity (Wildman–Crippen MR) is 69.7 cm³/mol. The number of carbonyl (C=O) groups excluding carboxylic acids is 1. The maximum atomic E-state index is 14.0. The molecule has 0 aromatic heterocycles. The molecule has 3 rings (SSSR count). The zero-order chi connectivity index (χ0) is 15.1. The SMILES string of the molecule is O=C(NC1CC2CCC1C2)c1c(F)ccc([N+](=O)[O-])c1F. The number of halogens is 2. The first kappa shape index (κ1) is 13.9. The number of hydrogen-bond acceptors (Lipinski definition) is 3. The van der Waals surface area contributed by atoms with E-state index in [1.54, 1.807) is 0 Å². The van der Waals surface area contributed by atoms with Gasteiger partial charge in [0, 0.05) is 12.1 Å². The van der Waals surface area contributed by atoms with Crippen molar-refractivity contribution in [1.29, 1.82) is 0 Å². The molecule has 3 atom stereocenters. The van der Waals surface area contributed by atoms with E-state index in [-0.39, 0.29) is 6.04 Å². The van der Waals surface area contributed by atoms with Crippen molar-refractivity contribution in [3.8, 4) is 0 Å². The molecular formula is C14H14F2N2O3. The average molecular weight is 296 g/mol. The van der Waals surface area contributed by atoms with Gasteiger partial charge in [0.1, 0.15) is 11.4 Å². The summed E-state index contributed by atoms with van der Waals surface area (Å²) in [5.41, 5.74) is -1.76. The number of nitrogens with one attached hydrogen (secondary N) is 1. The number of fused-ring (bicyclic) bond motifs is 2. The number of hydrogen-bond donors (Lipinski definition) is 1. The molecule has 1 N–H and O–H groups in total. The van der Waals surface area contributed by atoms with E-state index in [0.717, 1.165) is 37.8 Å². The van der Waals surface area contributed by atoms with Crippen LogP contribution in [0.25, 0.3) is 0 Å². The molecule has 0 heterocycles. The van der Waals surface area contributed by atoms with E-state index in [4.69, 9.17) is 0 Å². The highest BCUT2D eigenvalue weighted by Crippen LogP contribution is 2.44. The van der Waals surface area contributed by atoms with Crippen LogP contribution in [0.5, 0.6) is 0 Å². The number of benzene rings is 1. The third-order valence-electron chi connectivity index (χ3n) is 4.55. The lowest BCUT2D eigenvalue weighted by Gasteiger charge is -2.23. The fraction of sp³-hybridized carbons (Fsp3) is 0.500. The first-order chi connectivity index (χ1) is 9.97. The highest BCUT2D eigenvalue weighted by Gasteiger charge is 2.40. The normalized spacial score (nSPS) is 26.9. The highest BCUT2D eigenvalue weighted by atomic mass is 19.1. The zero-order valence-electron chi connectivity index (χ0n) is 11.1. The Labute approximate surface area is 119 Å². The fourth-order valence-corrected chi connectivity index (χ4v) is 3.55. The van der Waals surface area contributed by atoms with Gasteiger partial charge in [0.2, 0.25) is 5.82 Å². The fourth-order valence-electron chi connectivity index (χ4n) is 3.55. The summed E-state index contributed by atoms with van der Waals surface area (Å²) in [6.07, 6.45) is 3.99. The molecule has 2 aliphatic carbocycles. The molecule has 3 unspecified atom stereocenters. The van der Waals surface area contributed by atoms with E-state index in [9.17, 15) is 23.7 Å². The van der Waals surface area contributed by atoms with E-state index >= 15 is 0 Å². The van der Waals surface area contributed by atoms with Crippen LogP contribution in [-0.2, 0) is 0 Å². The molecule has 0 spiro atoms. The minimum atomic E-state index is -1.42. The molecule has 2 aliphatic rings. The Kier molecular flexibility index (Phi) is 3.35. The number of nitrogens with zero attached hydrogens (tertiary/aromatic N) is 1. The van der Waals surface area contributed by atoms with Gasteiger partial charge in [-0.15, -0.1) is 0 Å². The predicted octanol–water partition coefficient (Wildman–Crippen LogP) is 2.79. The maximum absolute atomic E-state index is 14.0. The van der Waals surface area contributed by atoms with Crippen LogP contribution in [0, 0.1) is 33.6 Å². The molecule has 1 aromatic carbocycles. The summed E-state index contributed by atoms with van der Waals surface area (Å²) in [4.78, 5) is 21.8. The third-order valence-corrected chi connectivity index (χ3v) is 4.55. The first-order valence-electron chi connectivity index (χ1n) is 6.90. The molecule has 2 fully saturated rings. The van der Waals surface area contributed by atoms with Crippen molar-refractivity contribution in [2.24, 2.45) is 11.8 Å². The molecule has 1 amide bonds. The Morgan fingerprint density at radius 2 is 2.05 bits per heavy atom. The van der Waals surface area contributed by atoms with Gasteiger partial charge in [-0.2, -0.15) is 4.39 Å². The quantitative estimate of drug-likeness (QED) is 0.688. The maximum Gasteiger partial charge on any atom is 0.305 e. The lowest BCUT2D eigenvalue weighted by atomic mass is 9.95. The molecule has 21 heavy (non-hydrogen) atoms. The largest absolute Gasteiger partial charge is 0.349 e. The van der Waals surface area contributed by atoms with E-state index in [1.165, 1.54) is 0 Å². The molecule has 1 aromatic rings. The lowest BCUT2D eigenvalue weighted by molar-refractivity contribution is -0.387. The van der Waals surface area contributed by atoms with Crippen molar-refractivity contribution >= 4 is 11.6 Å². The van der Waals surface area contributed by atoms with E-state index in [0.29, 0.717) is 11.8 Å². The second-order valence-corrected chi connectivity index (χ2v) is 5.77. The van der Waals surface area contributed by atoms with Crippen molar-refractivity contribution in [3.05, 3.63) is 39.4 Å². The third kappa shape index (κ3) is 2.36. The molecule has 112 valence electrons. The molecule has 2 bridgehead atoms. The number of rotatable bonds is 3. The molecule has 0 radical (unpaired) electrons. The van der Waals surface area contributed by atoms with Gasteiger partial charge in [0.25, 0.3) is 5.91 Å². The molecule has 2 saturated carbocycles. The van der Waals surface area contributed by atoms with Crippen molar-refractivity contribution in [2.75, 3.05) is 0 Å². The summed E-state index contributed by atoms with van der Waals surface area (Å²) in [6.45, 7) is 0. The number of amides is 1. The van der Waals surface area contributed by atoms with Crippen LogP contribution in [0.15, 0.2) is 12.1 Å². The minimum absolute atomic E-state index is 0.0886. The smallest absolute Gasteiger partial charge is 0.305 e. The summed E-state index contributed by atoms with van der Waals surface area (Å²) >= 11 is 0. The van der Waals surface area contributed by atoms with Gasteiger partial charge in [-0.1, -0.05) is 6.42 Å². The van der Waals surface area contributed by atoms with Crippen LogP contribution in [-0.4, -0.2) is 16.9 Å². The van der Waals surface area contributed by atoms with Gasteiger partial charge in [0.15, 0.2) is 0 Å². The van der Waals surface area contributed by atoms with Crippen molar-refractivity contribution in [3.63, 3.8) is 0 Å². The van der Waals surface area contributed by atoms with Gasteiger partial charge in [0.05, 0.1) is 4.92 Å². The van der Waals surface area contributed by atoms with Crippen LogP contribution in [0.2, 0.25) is 0 Å². The van der Waals surface area contributed by atoms with Crippen molar-refractivity contribution in [2.45, 2.75) is 31.7 Å². The monoisotopic (exact) mass is 296 g/mol. The summed E-state index contributed by atoms with van der Waals surface area (Å²) in [5.74, 6) is -2.49. The minimum Gasteiger partial charge on any atom is -0.349 e. The second-order valence-electron chi connectivity index (χ2n) is 5.77. The number of carbonyl (C=O) groups is 1. The second kappa shape index (κ2) is 5.05. The van der Waals surface area contributed by atoms with Crippen molar-refractivity contribution in [1.82, 2.24) is 5.32 Å². The van der Waals surface area contributed by atoms with Gasteiger partial charge < -0.3 is 5.32 Å². The Morgan fingerprint density at radius 3 is 2.62 bits per heavy atom. The van der Waals surface area contributed by atoms with Gasteiger partial charge in [-0.05, 0) is 37.2 Å². The van der Waals surface area contributed by atoms with E-state index < -0.39 is 33.7 Å². The summed E-state index contributed by atoms with van der Waals surface area (Å²) in [6, 6.07) is 1.38.